The Labute approximate surface area is 174 Å². The molecule has 6 heteroatoms. The highest BCUT2D eigenvalue weighted by Crippen LogP contribution is 2.36. The van der Waals surface area contributed by atoms with Gasteiger partial charge < -0.3 is 4.90 Å². The number of amides is 1. The minimum Gasteiger partial charge on any atom is -0.349 e. The van der Waals surface area contributed by atoms with Crippen molar-refractivity contribution in [2.24, 2.45) is 4.99 Å². The molecule has 1 amide bonds. The molecule has 0 saturated heterocycles. The zero-order valence-electron chi connectivity index (χ0n) is 16.6. The third-order valence-electron chi connectivity index (χ3n) is 5.35. The lowest BCUT2D eigenvalue weighted by Crippen LogP contribution is -2.41. The van der Waals surface area contributed by atoms with Gasteiger partial charge in [0.1, 0.15) is 5.84 Å². The van der Waals surface area contributed by atoms with Crippen molar-refractivity contribution in [1.82, 2.24) is 4.90 Å². The maximum atomic E-state index is 12.8. The van der Waals surface area contributed by atoms with E-state index in [4.69, 9.17) is 0 Å². The Morgan fingerprint density at radius 1 is 1.03 bits per heavy atom. The van der Waals surface area contributed by atoms with E-state index in [1.807, 2.05) is 30.3 Å². The van der Waals surface area contributed by atoms with Crippen molar-refractivity contribution in [2.45, 2.75) is 19.4 Å². The highest BCUT2D eigenvalue weighted by Gasteiger charge is 2.31. The summed E-state index contributed by atoms with van der Waals surface area (Å²) in [6.07, 6.45) is 0.562. The molecular weight excluding hydrogens is 378 g/mol. The van der Waals surface area contributed by atoms with Crippen LogP contribution in [0.5, 0.6) is 0 Å². The summed E-state index contributed by atoms with van der Waals surface area (Å²) < 4.78 is 0. The van der Waals surface area contributed by atoms with Gasteiger partial charge in [-0.25, -0.2) is 0 Å². The number of rotatable bonds is 4. The summed E-state index contributed by atoms with van der Waals surface area (Å²) >= 11 is 0. The quantitative estimate of drug-likeness (QED) is 0.466. The Morgan fingerprint density at radius 2 is 1.70 bits per heavy atom. The first-order valence-corrected chi connectivity index (χ1v) is 9.84. The molecule has 1 aliphatic rings. The molecule has 1 unspecified atom stereocenters. The smallest absolute Gasteiger partial charge is 0.278 e. The lowest BCUT2D eigenvalue weighted by molar-refractivity contribution is -0.384. The number of hydrogen-bond donors (Lipinski definition) is 0. The van der Waals surface area contributed by atoms with E-state index in [2.05, 4.69) is 41.1 Å². The van der Waals surface area contributed by atoms with Crippen molar-refractivity contribution in [3.8, 4) is 0 Å². The molecule has 0 N–H and O–H groups in total. The number of fused-ring (bicyclic) bond motifs is 1. The van der Waals surface area contributed by atoms with Crippen LogP contribution in [0, 0.1) is 10.1 Å². The number of likely N-dealkylation sites (N-methyl/N-ethyl adjacent to an activating group) is 1. The van der Waals surface area contributed by atoms with Crippen LogP contribution >= 0.6 is 0 Å². The van der Waals surface area contributed by atoms with Crippen LogP contribution in [0.25, 0.3) is 0 Å². The molecule has 1 atom stereocenters. The Kier molecular flexibility index (Phi) is 5.39. The number of amidine groups is 1. The number of nitrogens with zero attached hydrogens (tertiary/aromatic N) is 3. The molecule has 0 fully saturated rings. The standard InChI is InChI=1S/C24H21N3O3/c1-2-26-22(25-24(28)18-12-14-20(15-13-18)27(29)30)16-19-10-6-7-11-21(19)23(26)17-8-4-3-5-9-17/h3-15,23H,2,16H2,1H3. The number of nitro groups is 1. The normalized spacial score (nSPS) is 16.9. The fourth-order valence-electron chi connectivity index (χ4n) is 3.92. The molecule has 1 aliphatic heterocycles. The average Bonchev–Trinajstić information content (AvgIpc) is 2.78. The molecule has 150 valence electrons. The fourth-order valence-corrected chi connectivity index (χ4v) is 3.92. The summed E-state index contributed by atoms with van der Waals surface area (Å²) in [6, 6.07) is 24.0. The fraction of sp³-hybridized carbons (Fsp3) is 0.167. The molecule has 3 aromatic rings. The lowest BCUT2D eigenvalue weighted by Gasteiger charge is -2.39. The van der Waals surface area contributed by atoms with Crippen molar-refractivity contribution in [3.63, 3.8) is 0 Å². The maximum absolute atomic E-state index is 12.8. The molecule has 0 radical (unpaired) electrons. The van der Waals surface area contributed by atoms with Gasteiger partial charge >= 0.3 is 0 Å². The highest BCUT2D eigenvalue weighted by atomic mass is 16.6. The molecule has 0 spiro atoms. The summed E-state index contributed by atoms with van der Waals surface area (Å²) in [5, 5.41) is 10.9. The predicted octanol–water partition coefficient (Wildman–Crippen LogP) is 4.80. The van der Waals surface area contributed by atoms with Gasteiger partial charge in [0.05, 0.1) is 11.0 Å². The summed E-state index contributed by atoms with van der Waals surface area (Å²) in [5.41, 5.74) is 3.78. The third kappa shape index (κ3) is 3.72. The summed E-state index contributed by atoms with van der Waals surface area (Å²) in [5.74, 6) is 0.304. The summed E-state index contributed by atoms with van der Waals surface area (Å²) in [6.45, 7) is 2.75. The van der Waals surface area contributed by atoms with Gasteiger partial charge in [-0.15, -0.1) is 0 Å². The van der Waals surface area contributed by atoms with Gasteiger partial charge in [-0.1, -0.05) is 54.6 Å². The van der Waals surface area contributed by atoms with Crippen molar-refractivity contribution in [2.75, 3.05) is 6.54 Å². The molecule has 4 rings (SSSR count). The molecule has 0 saturated carbocycles. The van der Waals surface area contributed by atoms with Crippen LogP contribution in [0.3, 0.4) is 0 Å². The third-order valence-corrected chi connectivity index (χ3v) is 5.35. The molecule has 30 heavy (non-hydrogen) atoms. The highest BCUT2D eigenvalue weighted by molar-refractivity contribution is 6.04. The van der Waals surface area contributed by atoms with Gasteiger partial charge in [-0.05, 0) is 35.7 Å². The molecule has 6 nitrogen and oxygen atoms in total. The first-order valence-electron chi connectivity index (χ1n) is 9.84. The predicted molar refractivity (Wildman–Crippen MR) is 116 cm³/mol. The summed E-state index contributed by atoms with van der Waals surface area (Å²) in [4.78, 5) is 29.8. The monoisotopic (exact) mass is 399 g/mol. The van der Waals surface area contributed by atoms with Crippen LogP contribution in [0.2, 0.25) is 0 Å². The van der Waals surface area contributed by atoms with Gasteiger partial charge in [0.2, 0.25) is 0 Å². The Balaban J connectivity index is 1.74. The first-order chi connectivity index (χ1) is 14.6. The first kappa shape index (κ1) is 19.5. The van der Waals surface area contributed by atoms with E-state index in [1.54, 1.807) is 0 Å². The van der Waals surface area contributed by atoms with Crippen LogP contribution in [0.1, 0.15) is 40.0 Å². The van der Waals surface area contributed by atoms with E-state index < -0.39 is 10.8 Å². The summed E-state index contributed by atoms with van der Waals surface area (Å²) in [7, 11) is 0. The minimum atomic E-state index is -0.485. The van der Waals surface area contributed by atoms with E-state index in [9.17, 15) is 14.9 Å². The topological polar surface area (TPSA) is 75.8 Å². The zero-order chi connectivity index (χ0) is 21.1. The van der Waals surface area contributed by atoms with Crippen LogP contribution in [-0.2, 0) is 6.42 Å². The molecular formula is C24H21N3O3. The van der Waals surface area contributed by atoms with E-state index in [-0.39, 0.29) is 11.7 Å². The average molecular weight is 399 g/mol. The van der Waals surface area contributed by atoms with Crippen molar-refractivity contribution in [1.29, 1.82) is 0 Å². The van der Waals surface area contributed by atoms with Gasteiger partial charge in [-0.2, -0.15) is 4.99 Å². The molecule has 0 bridgehead atoms. The zero-order valence-corrected chi connectivity index (χ0v) is 16.6. The number of carbonyl (C=O) groups is 1. The minimum absolute atomic E-state index is 0.0236. The van der Waals surface area contributed by atoms with Crippen molar-refractivity contribution < 1.29 is 9.72 Å². The van der Waals surface area contributed by atoms with Gasteiger partial charge in [0.25, 0.3) is 11.6 Å². The maximum Gasteiger partial charge on any atom is 0.278 e. The number of non-ortho nitro benzene ring substituents is 1. The molecule has 0 aliphatic carbocycles. The second-order valence-electron chi connectivity index (χ2n) is 7.11. The van der Waals surface area contributed by atoms with Gasteiger partial charge in [0.15, 0.2) is 0 Å². The number of aliphatic imine (C=N–C) groups is 1. The van der Waals surface area contributed by atoms with Crippen molar-refractivity contribution in [3.05, 3.63) is 111 Å². The van der Waals surface area contributed by atoms with E-state index >= 15 is 0 Å². The van der Waals surface area contributed by atoms with Crippen LogP contribution in [-0.4, -0.2) is 28.1 Å². The van der Waals surface area contributed by atoms with E-state index in [1.165, 1.54) is 29.8 Å². The molecule has 3 aromatic carbocycles. The van der Waals surface area contributed by atoms with Gasteiger partial charge in [0, 0.05) is 30.7 Å². The Hall–Kier alpha value is -3.80. The number of carbonyl (C=O) groups excluding carboxylic acids is 1. The molecule has 0 aromatic heterocycles. The van der Waals surface area contributed by atoms with Crippen molar-refractivity contribution >= 4 is 17.4 Å². The Morgan fingerprint density at radius 3 is 2.37 bits per heavy atom. The number of benzene rings is 3. The van der Waals surface area contributed by atoms with Crippen LogP contribution < -0.4 is 0 Å². The molecule has 1 heterocycles. The van der Waals surface area contributed by atoms with E-state index in [0.717, 1.165) is 11.1 Å². The number of hydrogen-bond acceptors (Lipinski definition) is 3. The van der Waals surface area contributed by atoms with E-state index in [0.29, 0.717) is 24.4 Å². The number of nitro benzene ring substituents is 1. The second-order valence-corrected chi connectivity index (χ2v) is 7.11. The lowest BCUT2D eigenvalue weighted by atomic mass is 9.87. The van der Waals surface area contributed by atoms with Crippen LogP contribution in [0.4, 0.5) is 5.69 Å². The SMILES string of the molecule is CCN1C(=NC(=O)c2ccc([N+](=O)[O-])cc2)Cc2ccccc2C1c1ccccc1. The van der Waals surface area contributed by atoms with Gasteiger partial charge in [-0.3, -0.25) is 14.9 Å². The largest absolute Gasteiger partial charge is 0.349 e. The van der Waals surface area contributed by atoms with Crippen LogP contribution in [0.15, 0.2) is 83.9 Å². The Bertz CT molecular complexity index is 1110. The second kappa shape index (κ2) is 8.29.